The number of ether oxygens (including phenoxy) is 2. The Kier molecular flexibility index (Phi) is 6.85. The number of carbonyl (C=O) groups is 2. The number of nitrogens with two attached hydrogens (primary N) is 1. The second-order valence-electron chi connectivity index (χ2n) is 8.00. The van der Waals surface area contributed by atoms with Crippen LogP contribution in [0.2, 0.25) is 0 Å². The molecule has 1 aromatic carbocycles. The first-order valence-corrected chi connectivity index (χ1v) is 8.67. The molecule has 27 heavy (non-hydrogen) atoms. The molecule has 1 rings (SSSR count). The number of aliphatic hydroxyl groups excluding tert-OH is 1. The summed E-state index contributed by atoms with van der Waals surface area (Å²) in [6.45, 7) is 9.66. The number of esters is 2. The summed E-state index contributed by atoms with van der Waals surface area (Å²) in [5.41, 5.74) is 3.57. The summed E-state index contributed by atoms with van der Waals surface area (Å²) in [6, 6.07) is 0.968. The van der Waals surface area contributed by atoms with Gasteiger partial charge in [-0.3, -0.25) is 9.59 Å². The van der Waals surface area contributed by atoms with E-state index in [2.05, 4.69) is 0 Å². The van der Waals surface area contributed by atoms with E-state index in [1.807, 2.05) is 0 Å². The highest BCUT2D eigenvalue weighted by Crippen LogP contribution is 2.47. The lowest BCUT2D eigenvalue weighted by atomic mass is 9.90. The molecule has 0 spiro atoms. The Morgan fingerprint density at radius 3 is 2.11 bits per heavy atom. The highest BCUT2D eigenvalue weighted by atomic mass is 16.6. The second kappa shape index (κ2) is 8.14. The molecule has 0 bridgehead atoms. The van der Waals surface area contributed by atoms with Gasteiger partial charge >= 0.3 is 11.9 Å². The average Bonchev–Trinajstić information content (AvgIpc) is 2.57. The van der Waals surface area contributed by atoms with Crippen LogP contribution in [0.5, 0.6) is 23.0 Å². The van der Waals surface area contributed by atoms with E-state index >= 15 is 0 Å². The molecule has 8 nitrogen and oxygen atoms in total. The molecule has 0 aliphatic carbocycles. The predicted octanol–water partition coefficient (Wildman–Crippen LogP) is 2.38. The molecule has 0 fully saturated rings. The number of aliphatic hydroxyl groups is 1. The number of aromatic hydroxyl groups is 2. The van der Waals surface area contributed by atoms with Gasteiger partial charge in [0.2, 0.25) is 5.75 Å². The maximum absolute atomic E-state index is 12.4. The Balaban J connectivity index is 3.56. The number of phenolic OH excluding ortho intramolecular Hbond substituents is 2. The first kappa shape index (κ1) is 22.7. The molecule has 0 aromatic heterocycles. The number of carbonyl (C=O) groups excluding carboxylic acids is 2. The lowest BCUT2D eigenvalue weighted by Crippen LogP contribution is -2.29. The molecule has 0 amide bonds. The molecule has 0 saturated carbocycles. The van der Waals surface area contributed by atoms with Crippen LogP contribution < -0.4 is 15.2 Å². The van der Waals surface area contributed by atoms with Gasteiger partial charge in [0.05, 0.1) is 22.5 Å². The Hall–Kier alpha value is -2.32. The summed E-state index contributed by atoms with van der Waals surface area (Å²) in [5.74, 6) is -3.50. The molecule has 0 aliphatic rings. The van der Waals surface area contributed by atoms with Crippen molar-refractivity contribution in [3.8, 4) is 23.0 Å². The Morgan fingerprint density at radius 1 is 1.11 bits per heavy atom. The van der Waals surface area contributed by atoms with Crippen LogP contribution in [0.25, 0.3) is 0 Å². The van der Waals surface area contributed by atoms with E-state index in [0.717, 1.165) is 6.07 Å². The van der Waals surface area contributed by atoms with Gasteiger partial charge in [0.1, 0.15) is 5.75 Å². The largest absolute Gasteiger partial charge is 0.504 e. The average molecular weight is 383 g/mol. The summed E-state index contributed by atoms with van der Waals surface area (Å²) in [7, 11) is 0. The van der Waals surface area contributed by atoms with Crippen molar-refractivity contribution in [2.45, 2.75) is 54.1 Å². The van der Waals surface area contributed by atoms with Crippen molar-refractivity contribution in [1.82, 2.24) is 0 Å². The van der Waals surface area contributed by atoms with Crippen LogP contribution in [0.1, 0.15) is 59.6 Å². The molecule has 8 heteroatoms. The fourth-order valence-electron chi connectivity index (χ4n) is 1.88. The Morgan fingerprint density at radius 2 is 1.67 bits per heavy atom. The molecule has 0 saturated heterocycles. The van der Waals surface area contributed by atoms with Gasteiger partial charge in [-0.25, -0.2) is 0 Å². The van der Waals surface area contributed by atoms with E-state index in [-0.39, 0.29) is 17.9 Å². The van der Waals surface area contributed by atoms with Crippen LogP contribution in [0, 0.1) is 10.8 Å². The molecule has 152 valence electrons. The summed E-state index contributed by atoms with van der Waals surface area (Å²) in [5, 5.41) is 30.5. The van der Waals surface area contributed by atoms with E-state index in [1.54, 1.807) is 41.5 Å². The summed E-state index contributed by atoms with van der Waals surface area (Å²) in [4.78, 5) is 24.7. The van der Waals surface area contributed by atoms with Crippen molar-refractivity contribution in [2.24, 2.45) is 16.6 Å². The molecule has 0 heterocycles. The minimum absolute atomic E-state index is 0.189. The van der Waals surface area contributed by atoms with Gasteiger partial charge in [0.25, 0.3) is 0 Å². The maximum atomic E-state index is 12.4. The van der Waals surface area contributed by atoms with Crippen LogP contribution in [0.3, 0.4) is 0 Å². The highest BCUT2D eigenvalue weighted by Gasteiger charge is 2.34. The monoisotopic (exact) mass is 383 g/mol. The molecule has 0 aliphatic heterocycles. The lowest BCUT2D eigenvalue weighted by molar-refractivity contribution is -0.144. The number of rotatable bonds is 6. The minimum atomic E-state index is -1.41. The fraction of sp³-hybridized carbons (Fsp3) is 0.579. The molecule has 5 N–H and O–H groups in total. The number of benzene rings is 1. The third-order valence-electron chi connectivity index (χ3n) is 4.24. The zero-order valence-electron chi connectivity index (χ0n) is 16.6. The number of phenols is 2. The molecular formula is C19H29NO7. The molecule has 0 unspecified atom stereocenters. The van der Waals surface area contributed by atoms with Crippen molar-refractivity contribution in [1.29, 1.82) is 0 Å². The smallest absolute Gasteiger partial charge is 0.317 e. The molecular weight excluding hydrogens is 354 g/mol. The number of hydrogen-bond acceptors (Lipinski definition) is 8. The zero-order chi connectivity index (χ0) is 21.2. The lowest BCUT2D eigenvalue weighted by Gasteiger charge is -2.25. The van der Waals surface area contributed by atoms with Crippen LogP contribution in [0.4, 0.5) is 0 Å². The van der Waals surface area contributed by atoms with Crippen LogP contribution in [-0.2, 0) is 9.59 Å². The second-order valence-corrected chi connectivity index (χ2v) is 8.00. The van der Waals surface area contributed by atoms with Gasteiger partial charge < -0.3 is 30.5 Å². The minimum Gasteiger partial charge on any atom is -0.504 e. The van der Waals surface area contributed by atoms with Crippen LogP contribution in [-0.4, -0.2) is 33.8 Å². The third kappa shape index (κ3) is 5.11. The van der Waals surface area contributed by atoms with Gasteiger partial charge in [0.15, 0.2) is 11.5 Å². The third-order valence-corrected chi connectivity index (χ3v) is 4.24. The first-order chi connectivity index (χ1) is 12.3. The Labute approximate surface area is 158 Å². The van der Waals surface area contributed by atoms with Crippen molar-refractivity contribution in [3.63, 3.8) is 0 Å². The van der Waals surface area contributed by atoms with Gasteiger partial charge in [-0.05, 0) is 41.0 Å². The SMILES string of the molecule is CCC(C)(C)C(=O)Oc1c(O)c(O)cc(OC(=O)C(C)(C)C)c1[C@@H](O)CN. The highest BCUT2D eigenvalue weighted by molar-refractivity contribution is 5.82. The summed E-state index contributed by atoms with van der Waals surface area (Å²) < 4.78 is 10.6. The van der Waals surface area contributed by atoms with Crippen molar-refractivity contribution in [2.75, 3.05) is 6.54 Å². The van der Waals surface area contributed by atoms with Crippen LogP contribution >= 0.6 is 0 Å². The maximum Gasteiger partial charge on any atom is 0.317 e. The van der Waals surface area contributed by atoms with Crippen molar-refractivity contribution in [3.05, 3.63) is 11.6 Å². The van der Waals surface area contributed by atoms with E-state index < -0.39 is 46.1 Å². The molecule has 1 aromatic rings. The molecule has 1 atom stereocenters. The zero-order valence-corrected chi connectivity index (χ0v) is 16.6. The van der Waals surface area contributed by atoms with E-state index in [0.29, 0.717) is 6.42 Å². The number of hydrogen-bond donors (Lipinski definition) is 4. The standard InChI is InChI=1S/C19H29NO7/c1-7-19(5,6)17(25)27-15-13(11(22)9-20)12(8-10(21)14(15)23)26-16(24)18(2,3)4/h8,11,21-23H,7,9,20H2,1-6H3/t11-/m0/s1. The van der Waals surface area contributed by atoms with Gasteiger partial charge in [0, 0.05) is 12.6 Å². The van der Waals surface area contributed by atoms with E-state index in [9.17, 15) is 24.9 Å². The van der Waals surface area contributed by atoms with Gasteiger partial charge in [-0.1, -0.05) is 6.92 Å². The first-order valence-electron chi connectivity index (χ1n) is 8.67. The predicted molar refractivity (Wildman–Crippen MR) is 98.6 cm³/mol. The fourth-order valence-corrected chi connectivity index (χ4v) is 1.88. The quantitative estimate of drug-likeness (QED) is 0.333. The summed E-state index contributed by atoms with van der Waals surface area (Å²) in [6.07, 6.45) is -0.960. The Bertz CT molecular complexity index is 720. The van der Waals surface area contributed by atoms with Gasteiger partial charge in [-0.2, -0.15) is 0 Å². The normalized spacial score (nSPS) is 13.2. The van der Waals surface area contributed by atoms with E-state index in [4.69, 9.17) is 15.2 Å². The van der Waals surface area contributed by atoms with Gasteiger partial charge in [-0.15, -0.1) is 0 Å². The van der Waals surface area contributed by atoms with Crippen molar-refractivity contribution < 1.29 is 34.4 Å². The topological polar surface area (TPSA) is 139 Å². The van der Waals surface area contributed by atoms with Crippen molar-refractivity contribution >= 4 is 11.9 Å². The van der Waals surface area contributed by atoms with E-state index in [1.165, 1.54) is 0 Å². The van der Waals surface area contributed by atoms with Crippen LogP contribution in [0.15, 0.2) is 6.07 Å². The summed E-state index contributed by atoms with van der Waals surface area (Å²) >= 11 is 0. The molecule has 0 radical (unpaired) electrons.